The lowest BCUT2D eigenvalue weighted by Gasteiger charge is -2.34. The summed E-state index contributed by atoms with van der Waals surface area (Å²) in [5, 5.41) is 7.21. The summed E-state index contributed by atoms with van der Waals surface area (Å²) in [4.78, 5) is 0. The molecule has 26 heavy (non-hydrogen) atoms. The van der Waals surface area contributed by atoms with Crippen LogP contribution in [0.1, 0.15) is 57.7 Å². The normalized spacial score (nSPS) is 17.6. The van der Waals surface area contributed by atoms with Gasteiger partial charge >= 0.3 is 6.18 Å². The molecule has 0 saturated heterocycles. The molecular formula is C21H25F3N2. The van der Waals surface area contributed by atoms with E-state index in [9.17, 15) is 13.2 Å². The van der Waals surface area contributed by atoms with Gasteiger partial charge in [-0.15, -0.1) is 0 Å². The number of aromatic amines is 1. The maximum absolute atomic E-state index is 12.9. The maximum Gasteiger partial charge on any atom is 0.416 e. The van der Waals surface area contributed by atoms with Gasteiger partial charge in [0.2, 0.25) is 0 Å². The van der Waals surface area contributed by atoms with Gasteiger partial charge in [-0.25, -0.2) is 0 Å². The number of hydrogen-bond donors (Lipinski definition) is 1. The Morgan fingerprint density at radius 3 is 2.62 bits per heavy atom. The number of H-pyrrole nitrogens is 1. The zero-order valence-corrected chi connectivity index (χ0v) is 15.5. The van der Waals surface area contributed by atoms with Gasteiger partial charge in [-0.05, 0) is 62.6 Å². The largest absolute Gasteiger partial charge is 0.416 e. The zero-order valence-electron chi connectivity index (χ0n) is 15.5. The fourth-order valence-electron chi connectivity index (χ4n) is 3.98. The number of aryl methyl sites for hydroxylation is 1. The number of allylic oxidation sites excluding steroid dienone is 2. The van der Waals surface area contributed by atoms with Crippen LogP contribution in [-0.2, 0) is 12.6 Å². The summed E-state index contributed by atoms with van der Waals surface area (Å²) in [7, 11) is 0. The summed E-state index contributed by atoms with van der Waals surface area (Å²) in [5.74, 6) is 0. The van der Waals surface area contributed by atoms with Crippen LogP contribution in [0.2, 0.25) is 0 Å². The van der Waals surface area contributed by atoms with Crippen molar-refractivity contribution in [3.63, 3.8) is 0 Å². The van der Waals surface area contributed by atoms with E-state index in [4.69, 9.17) is 0 Å². The summed E-state index contributed by atoms with van der Waals surface area (Å²) in [6, 6.07) is 7.17. The van der Waals surface area contributed by atoms with Crippen molar-refractivity contribution in [1.82, 2.24) is 10.2 Å². The number of nitrogens with zero attached hydrogens (tertiary/aromatic N) is 1. The summed E-state index contributed by atoms with van der Waals surface area (Å²) in [5.41, 5.74) is 4.57. The van der Waals surface area contributed by atoms with Crippen LogP contribution in [0.25, 0.3) is 11.3 Å². The molecule has 0 radical (unpaired) electrons. The second-order valence-electron chi connectivity index (χ2n) is 7.85. The molecule has 1 N–H and O–H groups in total. The minimum Gasteiger partial charge on any atom is -0.282 e. The first-order valence-corrected chi connectivity index (χ1v) is 9.08. The van der Waals surface area contributed by atoms with Crippen molar-refractivity contribution in [2.75, 3.05) is 0 Å². The lowest BCUT2D eigenvalue weighted by molar-refractivity contribution is -0.137. The highest BCUT2D eigenvalue weighted by molar-refractivity contribution is 5.60. The molecule has 0 saturated carbocycles. The molecule has 0 fully saturated rings. The van der Waals surface area contributed by atoms with Crippen molar-refractivity contribution in [2.45, 2.75) is 59.1 Å². The van der Waals surface area contributed by atoms with E-state index in [1.54, 1.807) is 6.07 Å². The van der Waals surface area contributed by atoms with Gasteiger partial charge in [-0.1, -0.05) is 37.1 Å². The average molecular weight is 362 g/mol. The van der Waals surface area contributed by atoms with Crippen molar-refractivity contribution >= 4 is 0 Å². The van der Waals surface area contributed by atoms with Crippen LogP contribution in [0.5, 0.6) is 0 Å². The van der Waals surface area contributed by atoms with Gasteiger partial charge in [0.15, 0.2) is 0 Å². The fraction of sp³-hybridized carbons (Fsp3) is 0.476. The van der Waals surface area contributed by atoms with Crippen molar-refractivity contribution in [3.05, 3.63) is 52.7 Å². The zero-order chi connectivity index (χ0) is 18.9. The van der Waals surface area contributed by atoms with Crippen LogP contribution in [0, 0.1) is 5.41 Å². The Morgan fingerprint density at radius 1 is 1.15 bits per heavy atom. The third-order valence-electron chi connectivity index (χ3n) is 5.45. The molecule has 1 heterocycles. The van der Waals surface area contributed by atoms with Gasteiger partial charge < -0.3 is 0 Å². The lowest BCUT2D eigenvalue weighted by atomic mass is 9.71. The molecule has 140 valence electrons. The molecule has 0 atom stereocenters. The maximum atomic E-state index is 12.9. The topological polar surface area (TPSA) is 28.7 Å². The first-order chi connectivity index (χ1) is 12.2. The molecular weight excluding hydrogens is 337 g/mol. The van der Waals surface area contributed by atoms with E-state index in [0.29, 0.717) is 11.3 Å². The summed E-state index contributed by atoms with van der Waals surface area (Å²) in [6.07, 6.45) is 1.05. The Balaban J connectivity index is 1.75. The van der Waals surface area contributed by atoms with Crippen LogP contribution in [0.3, 0.4) is 0 Å². The van der Waals surface area contributed by atoms with Crippen LogP contribution < -0.4 is 0 Å². The molecule has 0 unspecified atom stereocenters. The van der Waals surface area contributed by atoms with Crippen LogP contribution >= 0.6 is 0 Å². The summed E-state index contributed by atoms with van der Waals surface area (Å²) >= 11 is 0. The molecule has 0 bridgehead atoms. The summed E-state index contributed by atoms with van der Waals surface area (Å²) in [6.45, 7) is 6.81. The van der Waals surface area contributed by atoms with E-state index in [2.05, 4.69) is 31.0 Å². The predicted octanol–water partition coefficient (Wildman–Crippen LogP) is 6.55. The Bertz CT molecular complexity index is 813. The van der Waals surface area contributed by atoms with Gasteiger partial charge in [0.25, 0.3) is 0 Å². The first-order valence-electron chi connectivity index (χ1n) is 9.08. The monoisotopic (exact) mass is 362 g/mol. The molecule has 1 aliphatic carbocycles. The van der Waals surface area contributed by atoms with E-state index in [1.165, 1.54) is 30.1 Å². The minimum atomic E-state index is -4.34. The van der Waals surface area contributed by atoms with Crippen molar-refractivity contribution in [1.29, 1.82) is 0 Å². The molecule has 0 aliphatic heterocycles. The van der Waals surface area contributed by atoms with Crippen LogP contribution in [0.15, 0.2) is 41.5 Å². The number of rotatable bonds is 4. The van der Waals surface area contributed by atoms with Crippen molar-refractivity contribution < 1.29 is 13.2 Å². The number of aromatic nitrogens is 2. The molecule has 5 heteroatoms. The van der Waals surface area contributed by atoms with Gasteiger partial charge in [0, 0.05) is 11.3 Å². The van der Waals surface area contributed by atoms with E-state index in [-0.39, 0.29) is 5.41 Å². The minimum absolute atomic E-state index is 0.228. The lowest BCUT2D eigenvalue weighted by Crippen LogP contribution is -2.20. The van der Waals surface area contributed by atoms with Gasteiger partial charge in [0.05, 0.1) is 11.3 Å². The number of alkyl halides is 3. The van der Waals surface area contributed by atoms with Crippen LogP contribution in [0.4, 0.5) is 13.2 Å². The number of halogens is 3. The molecule has 1 aliphatic rings. The van der Waals surface area contributed by atoms with Crippen molar-refractivity contribution in [3.8, 4) is 11.3 Å². The third-order valence-corrected chi connectivity index (χ3v) is 5.45. The third kappa shape index (κ3) is 4.02. The van der Waals surface area contributed by atoms with E-state index < -0.39 is 11.7 Å². The second kappa shape index (κ2) is 6.93. The smallest absolute Gasteiger partial charge is 0.282 e. The first kappa shape index (κ1) is 18.7. The average Bonchev–Trinajstić information content (AvgIpc) is 3.02. The molecule has 1 aromatic heterocycles. The predicted molar refractivity (Wildman–Crippen MR) is 97.7 cm³/mol. The molecule has 2 aromatic rings. The standard InChI is InChI=1S/C21H25F3N2/c1-14-6-5-11-20(2,3)18(14)10-9-17-13-19(26-25-17)15-7-4-8-16(12-15)21(22,23)24/h4,7-8,12-13H,5-6,9-11H2,1-3H3,(H,25,26). The number of nitrogens with one attached hydrogen (secondary N) is 1. The molecule has 0 amide bonds. The van der Waals surface area contributed by atoms with E-state index >= 15 is 0 Å². The Hall–Kier alpha value is -2.04. The second-order valence-corrected chi connectivity index (χ2v) is 7.85. The number of hydrogen-bond acceptors (Lipinski definition) is 1. The molecule has 3 rings (SSSR count). The van der Waals surface area contributed by atoms with E-state index in [1.807, 2.05) is 6.07 Å². The highest BCUT2D eigenvalue weighted by Crippen LogP contribution is 2.42. The Labute approximate surface area is 152 Å². The van der Waals surface area contributed by atoms with Crippen molar-refractivity contribution in [2.24, 2.45) is 5.41 Å². The van der Waals surface area contributed by atoms with Gasteiger partial charge in [-0.3, -0.25) is 5.10 Å². The van der Waals surface area contributed by atoms with E-state index in [0.717, 1.165) is 37.1 Å². The molecule has 0 spiro atoms. The number of benzene rings is 1. The van der Waals surface area contributed by atoms with Gasteiger partial charge in [0.1, 0.15) is 0 Å². The quantitative estimate of drug-likeness (QED) is 0.613. The summed E-state index contributed by atoms with van der Waals surface area (Å²) < 4.78 is 38.7. The van der Waals surface area contributed by atoms with Crippen LogP contribution in [-0.4, -0.2) is 10.2 Å². The SMILES string of the molecule is CC1=C(CCc2cc(-c3cccc(C(F)(F)F)c3)n[nH]2)C(C)(C)CCC1. The molecule has 2 nitrogen and oxygen atoms in total. The Kier molecular flexibility index (Phi) is 5.00. The Morgan fingerprint density at radius 2 is 1.92 bits per heavy atom. The molecule has 1 aromatic carbocycles. The van der Waals surface area contributed by atoms with Gasteiger partial charge in [-0.2, -0.15) is 18.3 Å². The highest BCUT2D eigenvalue weighted by Gasteiger charge is 2.31. The fourth-order valence-corrected chi connectivity index (χ4v) is 3.98. The highest BCUT2D eigenvalue weighted by atomic mass is 19.4.